The van der Waals surface area contributed by atoms with Crippen LogP contribution < -0.4 is 31.1 Å². The van der Waals surface area contributed by atoms with E-state index in [9.17, 15) is 0 Å². The minimum atomic E-state index is -0.0603. The number of hydrogen-bond acceptors (Lipinski definition) is 3. The summed E-state index contributed by atoms with van der Waals surface area (Å²) in [6.45, 7) is 13.5. The Bertz CT molecular complexity index is 3410. The molecule has 0 saturated heterocycles. The highest BCUT2D eigenvalue weighted by Gasteiger charge is 2.45. The summed E-state index contributed by atoms with van der Waals surface area (Å²) in [4.78, 5) is 7.75. The highest BCUT2D eigenvalue weighted by molar-refractivity contribution is 7.00. The van der Waals surface area contributed by atoms with Gasteiger partial charge in [0.05, 0.1) is 22.7 Å². The average molecular weight is 900 g/mol. The highest BCUT2D eigenvalue weighted by atomic mass is 15.2. The Kier molecular flexibility index (Phi) is 10.6. The monoisotopic (exact) mass is 899 g/mol. The maximum Gasteiger partial charge on any atom is 0.252 e. The molecule has 336 valence electrons. The van der Waals surface area contributed by atoms with Gasteiger partial charge in [0.1, 0.15) is 0 Å². The molecule has 0 fully saturated rings. The molecule has 0 unspecified atom stereocenters. The van der Waals surface area contributed by atoms with Crippen LogP contribution in [0.2, 0.25) is 0 Å². The molecule has 0 aromatic heterocycles. The number of fused-ring (bicyclic) bond motifs is 4. The van der Waals surface area contributed by atoms with Crippen LogP contribution >= 0.6 is 0 Å². The topological polar surface area (TPSA) is 9.72 Å². The minimum absolute atomic E-state index is 0.0603. The predicted molar refractivity (Wildman–Crippen MR) is 300 cm³/mol. The molecule has 2 aliphatic rings. The predicted octanol–water partition coefficient (Wildman–Crippen LogP) is 16.1. The van der Waals surface area contributed by atoms with Crippen LogP contribution in [0.1, 0.15) is 33.4 Å². The maximum atomic E-state index is 2.61. The van der Waals surface area contributed by atoms with Crippen molar-refractivity contribution < 1.29 is 0 Å². The summed E-state index contributed by atoms with van der Waals surface area (Å²) in [5, 5.41) is 0. The van der Waals surface area contributed by atoms with E-state index < -0.39 is 0 Å². The molecule has 0 aliphatic carbocycles. The van der Waals surface area contributed by atoms with Crippen LogP contribution in [-0.2, 0) is 0 Å². The van der Waals surface area contributed by atoms with Gasteiger partial charge in [-0.3, -0.25) is 0 Å². The van der Waals surface area contributed by atoms with Gasteiger partial charge in [0.15, 0.2) is 0 Å². The highest BCUT2D eigenvalue weighted by Crippen LogP contribution is 2.51. The zero-order chi connectivity index (χ0) is 47.6. The maximum absolute atomic E-state index is 2.61. The number of anilines is 9. The molecule has 4 heteroatoms. The fourth-order valence-corrected chi connectivity index (χ4v) is 11.5. The van der Waals surface area contributed by atoms with Gasteiger partial charge in [-0.15, -0.1) is 0 Å². The van der Waals surface area contributed by atoms with E-state index in [0.717, 1.165) is 11.4 Å². The van der Waals surface area contributed by atoms with Crippen LogP contribution in [0.5, 0.6) is 0 Å². The second-order valence-electron chi connectivity index (χ2n) is 19.3. The first-order valence-corrected chi connectivity index (χ1v) is 24.5. The lowest BCUT2D eigenvalue weighted by Crippen LogP contribution is -2.61. The van der Waals surface area contributed by atoms with Gasteiger partial charge in [-0.1, -0.05) is 182 Å². The first kappa shape index (κ1) is 43.0. The first-order valence-electron chi connectivity index (χ1n) is 24.5. The lowest BCUT2D eigenvalue weighted by molar-refractivity contribution is 1.18. The third kappa shape index (κ3) is 7.13. The van der Waals surface area contributed by atoms with Crippen molar-refractivity contribution in [2.75, 3.05) is 14.7 Å². The number of aryl methyl sites for hydroxylation is 6. The summed E-state index contributed by atoms with van der Waals surface area (Å²) < 4.78 is 0. The molecule has 10 aromatic carbocycles. The summed E-state index contributed by atoms with van der Waals surface area (Å²) in [5.74, 6) is 0. The molecule has 70 heavy (non-hydrogen) atoms. The summed E-state index contributed by atoms with van der Waals surface area (Å²) >= 11 is 0. The van der Waals surface area contributed by atoms with Gasteiger partial charge in [0.2, 0.25) is 0 Å². The number of rotatable bonds is 8. The third-order valence-electron chi connectivity index (χ3n) is 14.7. The van der Waals surface area contributed by atoms with E-state index in [-0.39, 0.29) is 6.71 Å². The Labute approximate surface area is 413 Å². The largest absolute Gasteiger partial charge is 0.311 e. The molecule has 0 N–H and O–H groups in total. The van der Waals surface area contributed by atoms with Crippen molar-refractivity contribution in [1.82, 2.24) is 0 Å². The van der Waals surface area contributed by atoms with E-state index in [2.05, 4.69) is 275 Å². The quantitative estimate of drug-likeness (QED) is 0.141. The Balaban J connectivity index is 1.24. The summed E-state index contributed by atoms with van der Waals surface area (Å²) in [7, 11) is 0. The van der Waals surface area contributed by atoms with Gasteiger partial charge < -0.3 is 14.7 Å². The van der Waals surface area contributed by atoms with Crippen molar-refractivity contribution >= 4 is 74.3 Å². The SMILES string of the molecule is Cc1cccc(C)c1N(c1cccc(-c2ccccc2)c1)c1cc2c3c(c1)N(c1c(C)cccc1C)c1cc(-c4ccccc4)ccc1B3c1ccc(-c3ccccc3)cc1N2c1c(C)cccc1C. The molecule has 0 saturated carbocycles. The molecule has 0 atom stereocenters. The number of benzene rings is 10. The molecule has 0 spiro atoms. The molecule has 0 amide bonds. The molecule has 12 rings (SSSR count). The van der Waals surface area contributed by atoms with E-state index in [1.165, 1.54) is 123 Å². The molecule has 0 bridgehead atoms. The standard InChI is InChI=1S/C66H54BN3/c1-43-20-16-21-44(2)64(43)68(55-33-19-32-52(38-55)49-26-10-7-11-27-49)56-41-61-63-62(42-56)70(66-47(5)24-18-25-48(66)6)60-40-54(51-30-14-9-15-31-51)35-37-58(60)67(63)57-36-34-53(50-28-12-8-13-29-50)39-59(57)69(61)65-45(3)22-17-23-46(65)4/h7-42H,1-6H3. The Hall–Kier alpha value is -8.34. The molecular formula is C66H54BN3. The van der Waals surface area contributed by atoms with Crippen molar-refractivity contribution in [2.24, 2.45) is 0 Å². The Morgan fingerprint density at radius 1 is 0.300 bits per heavy atom. The number of nitrogens with zero attached hydrogens (tertiary/aromatic N) is 3. The van der Waals surface area contributed by atoms with Crippen molar-refractivity contribution in [3.63, 3.8) is 0 Å². The molecule has 0 radical (unpaired) electrons. The van der Waals surface area contributed by atoms with Crippen molar-refractivity contribution in [3.8, 4) is 33.4 Å². The summed E-state index contributed by atoms with van der Waals surface area (Å²) in [5.41, 5.74) is 28.9. The van der Waals surface area contributed by atoms with Crippen LogP contribution in [0.3, 0.4) is 0 Å². The van der Waals surface area contributed by atoms with Gasteiger partial charge in [0, 0.05) is 28.4 Å². The van der Waals surface area contributed by atoms with Crippen molar-refractivity contribution in [3.05, 3.63) is 252 Å². The van der Waals surface area contributed by atoms with Crippen LogP contribution in [-0.4, -0.2) is 6.71 Å². The lowest BCUT2D eigenvalue weighted by atomic mass is 9.33. The van der Waals surface area contributed by atoms with Crippen LogP contribution in [0, 0.1) is 41.5 Å². The van der Waals surface area contributed by atoms with E-state index >= 15 is 0 Å². The second-order valence-corrected chi connectivity index (χ2v) is 19.3. The molecular weight excluding hydrogens is 846 g/mol. The lowest BCUT2D eigenvalue weighted by Gasteiger charge is -2.46. The smallest absolute Gasteiger partial charge is 0.252 e. The average Bonchev–Trinajstić information content (AvgIpc) is 3.39. The van der Waals surface area contributed by atoms with Crippen molar-refractivity contribution in [1.29, 1.82) is 0 Å². The normalized spacial score (nSPS) is 12.3. The number of para-hydroxylation sites is 3. The molecule has 2 heterocycles. The zero-order valence-corrected chi connectivity index (χ0v) is 40.7. The van der Waals surface area contributed by atoms with E-state index in [1.807, 2.05) is 0 Å². The van der Waals surface area contributed by atoms with Crippen LogP contribution in [0.25, 0.3) is 33.4 Å². The van der Waals surface area contributed by atoms with Gasteiger partial charge in [-0.2, -0.15) is 0 Å². The summed E-state index contributed by atoms with van der Waals surface area (Å²) in [6.07, 6.45) is 0. The minimum Gasteiger partial charge on any atom is -0.311 e. The van der Waals surface area contributed by atoms with Gasteiger partial charge in [0.25, 0.3) is 6.71 Å². The van der Waals surface area contributed by atoms with Crippen molar-refractivity contribution in [2.45, 2.75) is 41.5 Å². The molecule has 3 nitrogen and oxygen atoms in total. The Morgan fingerprint density at radius 3 is 1.10 bits per heavy atom. The first-order chi connectivity index (χ1) is 34.2. The zero-order valence-electron chi connectivity index (χ0n) is 40.7. The van der Waals surface area contributed by atoms with Gasteiger partial charge in [-0.05, 0) is 161 Å². The van der Waals surface area contributed by atoms with Gasteiger partial charge >= 0.3 is 0 Å². The fourth-order valence-electron chi connectivity index (χ4n) is 11.5. The fraction of sp³-hybridized carbons (Fsp3) is 0.0909. The van der Waals surface area contributed by atoms with Crippen LogP contribution in [0.4, 0.5) is 51.2 Å². The van der Waals surface area contributed by atoms with Gasteiger partial charge in [-0.25, -0.2) is 0 Å². The third-order valence-corrected chi connectivity index (χ3v) is 14.7. The Morgan fingerprint density at radius 2 is 0.671 bits per heavy atom. The molecule has 2 aliphatic heterocycles. The van der Waals surface area contributed by atoms with Crippen LogP contribution in [0.15, 0.2) is 218 Å². The molecule has 10 aromatic rings. The second kappa shape index (κ2) is 17.3. The van der Waals surface area contributed by atoms with E-state index in [0.29, 0.717) is 0 Å². The van der Waals surface area contributed by atoms with E-state index in [4.69, 9.17) is 0 Å². The van der Waals surface area contributed by atoms with E-state index in [1.54, 1.807) is 0 Å². The summed E-state index contributed by atoms with van der Waals surface area (Å²) in [6, 6.07) is 81.2. The number of hydrogen-bond donors (Lipinski definition) is 0.